The van der Waals surface area contributed by atoms with Crippen LogP contribution in [0.2, 0.25) is 0 Å². The van der Waals surface area contributed by atoms with Crippen LogP contribution in [-0.4, -0.2) is 15.7 Å². The molecule has 0 spiro atoms. The van der Waals surface area contributed by atoms with Crippen molar-refractivity contribution in [3.8, 4) is 0 Å². The Morgan fingerprint density at radius 3 is 2.45 bits per heavy atom. The highest BCUT2D eigenvalue weighted by Gasteiger charge is 2.39. The molecule has 0 atom stereocenters. The molecule has 0 saturated carbocycles. The Bertz CT molecular complexity index is 743. The van der Waals surface area contributed by atoms with Crippen molar-refractivity contribution in [1.82, 2.24) is 9.78 Å². The lowest BCUT2D eigenvalue weighted by Crippen LogP contribution is -2.14. The molecule has 0 bridgehead atoms. The minimum atomic E-state index is -4.68. The van der Waals surface area contributed by atoms with Crippen LogP contribution in [0.1, 0.15) is 16.2 Å². The minimum absolute atomic E-state index is 0.167. The number of carbonyl (C=O) groups is 1. The maximum Gasteiger partial charge on any atom is 0.434 e. The Morgan fingerprint density at radius 1 is 1.32 bits per heavy atom. The molecule has 1 aromatic heterocycles. The fourth-order valence-electron chi connectivity index (χ4n) is 1.72. The van der Waals surface area contributed by atoms with Crippen LogP contribution in [-0.2, 0) is 13.2 Å². The van der Waals surface area contributed by atoms with E-state index in [0.29, 0.717) is 9.15 Å². The average Bonchev–Trinajstić information content (AvgIpc) is 2.67. The van der Waals surface area contributed by atoms with E-state index in [0.717, 1.165) is 13.1 Å². The fraction of sp³-hybridized carbons (Fsp3) is 0.167. The highest BCUT2D eigenvalue weighted by molar-refractivity contribution is 9.10. The van der Waals surface area contributed by atoms with Crippen molar-refractivity contribution in [3.05, 3.63) is 44.3 Å². The van der Waals surface area contributed by atoms with Crippen LogP contribution in [0.25, 0.3) is 0 Å². The van der Waals surface area contributed by atoms with Crippen LogP contribution in [0.3, 0.4) is 0 Å². The number of carbonyl (C=O) groups excluding carboxylic acids is 1. The molecular weight excluding hydrogens is 438 g/mol. The van der Waals surface area contributed by atoms with Crippen LogP contribution in [0.5, 0.6) is 0 Å². The van der Waals surface area contributed by atoms with Crippen LogP contribution in [0, 0.1) is 5.82 Å². The largest absolute Gasteiger partial charge is 0.434 e. The van der Waals surface area contributed by atoms with Gasteiger partial charge in [0.2, 0.25) is 0 Å². The van der Waals surface area contributed by atoms with Crippen molar-refractivity contribution in [2.75, 3.05) is 5.32 Å². The van der Waals surface area contributed by atoms with Crippen LogP contribution >= 0.6 is 31.9 Å². The van der Waals surface area contributed by atoms with Gasteiger partial charge in [-0.05, 0) is 34.1 Å². The second kappa shape index (κ2) is 5.99. The number of hydrogen-bond acceptors (Lipinski definition) is 2. The molecule has 0 unspecified atom stereocenters. The van der Waals surface area contributed by atoms with E-state index in [1.54, 1.807) is 0 Å². The molecule has 1 heterocycles. The second-order valence-electron chi connectivity index (χ2n) is 4.21. The number of nitrogens with zero attached hydrogens (tertiary/aromatic N) is 2. The third-order valence-electron chi connectivity index (χ3n) is 2.65. The van der Waals surface area contributed by atoms with E-state index in [1.807, 2.05) is 0 Å². The first-order valence-electron chi connectivity index (χ1n) is 5.67. The Balaban J connectivity index is 2.35. The van der Waals surface area contributed by atoms with Gasteiger partial charge in [-0.15, -0.1) is 0 Å². The molecular formula is C12H7Br2F4N3O. The van der Waals surface area contributed by atoms with E-state index >= 15 is 0 Å². The van der Waals surface area contributed by atoms with Crippen LogP contribution < -0.4 is 5.32 Å². The normalized spacial score (nSPS) is 11.6. The molecule has 0 aliphatic heterocycles. The number of benzene rings is 1. The molecule has 4 nitrogen and oxygen atoms in total. The summed E-state index contributed by atoms with van der Waals surface area (Å²) < 4.78 is 52.6. The average molecular weight is 445 g/mol. The van der Waals surface area contributed by atoms with Crippen molar-refractivity contribution in [2.45, 2.75) is 6.18 Å². The van der Waals surface area contributed by atoms with Crippen LogP contribution in [0.15, 0.2) is 27.1 Å². The summed E-state index contributed by atoms with van der Waals surface area (Å²) in [6, 6.07) is 3.87. The summed E-state index contributed by atoms with van der Waals surface area (Å²) in [5.41, 5.74) is -1.76. The summed E-state index contributed by atoms with van der Waals surface area (Å²) in [6.45, 7) is 0. The highest BCUT2D eigenvalue weighted by atomic mass is 79.9. The standard InChI is InChI=1S/C12H7Br2F4N3O/c1-21-10(12(16,17)18)8(14)9(20-21)11(22)19-7-3-2-5(13)4-6(7)15/h2-4H,1H3,(H,19,22). The lowest BCUT2D eigenvalue weighted by molar-refractivity contribution is -0.144. The lowest BCUT2D eigenvalue weighted by atomic mass is 10.3. The van der Waals surface area contributed by atoms with Crippen molar-refractivity contribution < 1.29 is 22.4 Å². The monoisotopic (exact) mass is 443 g/mol. The fourth-order valence-corrected chi connectivity index (χ4v) is 2.80. The van der Waals surface area contributed by atoms with Gasteiger partial charge in [0.05, 0.1) is 10.2 Å². The summed E-state index contributed by atoms with van der Waals surface area (Å²) >= 11 is 5.77. The molecule has 2 rings (SSSR count). The van der Waals surface area contributed by atoms with Gasteiger partial charge in [-0.3, -0.25) is 9.48 Å². The van der Waals surface area contributed by atoms with Gasteiger partial charge in [-0.2, -0.15) is 18.3 Å². The van der Waals surface area contributed by atoms with Crippen LogP contribution in [0.4, 0.5) is 23.2 Å². The van der Waals surface area contributed by atoms with Crippen molar-refractivity contribution in [1.29, 1.82) is 0 Å². The zero-order chi connectivity index (χ0) is 16.7. The van der Waals surface area contributed by atoms with E-state index in [4.69, 9.17) is 0 Å². The highest BCUT2D eigenvalue weighted by Crippen LogP contribution is 2.36. The van der Waals surface area contributed by atoms with E-state index in [9.17, 15) is 22.4 Å². The number of aryl methyl sites for hydroxylation is 1. The third-order valence-corrected chi connectivity index (χ3v) is 3.90. The third kappa shape index (κ3) is 3.32. The molecule has 10 heteroatoms. The predicted molar refractivity (Wildman–Crippen MR) is 78.0 cm³/mol. The first-order chi connectivity index (χ1) is 10.1. The van der Waals surface area contributed by atoms with Gasteiger partial charge in [-0.1, -0.05) is 15.9 Å². The molecule has 118 valence electrons. The SMILES string of the molecule is Cn1nc(C(=O)Nc2ccc(Br)cc2F)c(Br)c1C(F)(F)F. The maximum atomic E-state index is 13.6. The summed E-state index contributed by atoms with van der Waals surface area (Å²) in [5.74, 6) is -1.69. The molecule has 2 aromatic rings. The molecule has 22 heavy (non-hydrogen) atoms. The Labute approximate surface area is 138 Å². The van der Waals surface area contributed by atoms with Gasteiger partial charge in [0.25, 0.3) is 5.91 Å². The zero-order valence-corrected chi connectivity index (χ0v) is 14.0. The number of amides is 1. The molecule has 0 saturated heterocycles. The van der Waals surface area contributed by atoms with Gasteiger partial charge in [0.1, 0.15) is 5.82 Å². The van der Waals surface area contributed by atoms with E-state index in [1.165, 1.54) is 12.1 Å². The lowest BCUT2D eigenvalue weighted by Gasteiger charge is -2.07. The quantitative estimate of drug-likeness (QED) is 0.700. The second-order valence-corrected chi connectivity index (χ2v) is 5.92. The van der Waals surface area contributed by atoms with Crippen molar-refractivity contribution in [2.24, 2.45) is 7.05 Å². The zero-order valence-electron chi connectivity index (χ0n) is 10.8. The maximum absolute atomic E-state index is 13.6. The van der Waals surface area contributed by atoms with Gasteiger partial charge >= 0.3 is 6.18 Å². The number of halogens is 6. The molecule has 0 aliphatic carbocycles. The summed E-state index contributed by atoms with van der Waals surface area (Å²) in [7, 11) is 1.06. The molecule has 1 N–H and O–H groups in total. The number of anilines is 1. The Kier molecular flexibility index (Phi) is 4.62. The van der Waals surface area contributed by atoms with Gasteiger partial charge < -0.3 is 5.32 Å². The number of rotatable bonds is 2. The Hall–Kier alpha value is -1.42. The first-order valence-corrected chi connectivity index (χ1v) is 7.26. The summed E-state index contributed by atoms with van der Waals surface area (Å²) in [4.78, 5) is 12.0. The molecule has 0 fully saturated rings. The summed E-state index contributed by atoms with van der Waals surface area (Å²) in [5, 5.41) is 5.70. The van der Waals surface area contributed by atoms with Gasteiger partial charge in [-0.25, -0.2) is 4.39 Å². The molecule has 1 aromatic carbocycles. The minimum Gasteiger partial charge on any atom is -0.318 e. The van der Waals surface area contributed by atoms with Crippen molar-refractivity contribution >= 4 is 43.5 Å². The van der Waals surface area contributed by atoms with E-state index in [2.05, 4.69) is 42.3 Å². The number of aromatic nitrogens is 2. The topological polar surface area (TPSA) is 46.9 Å². The number of hydrogen-bond donors (Lipinski definition) is 1. The van der Waals surface area contributed by atoms with E-state index < -0.39 is 33.8 Å². The number of nitrogens with one attached hydrogen (secondary N) is 1. The molecule has 0 aliphatic rings. The predicted octanol–water partition coefficient (Wildman–Crippen LogP) is 4.36. The summed E-state index contributed by atoms with van der Waals surface area (Å²) in [6.07, 6.45) is -4.68. The molecule has 1 amide bonds. The van der Waals surface area contributed by atoms with Gasteiger partial charge in [0, 0.05) is 11.5 Å². The Morgan fingerprint density at radius 2 is 1.95 bits per heavy atom. The van der Waals surface area contributed by atoms with Crippen molar-refractivity contribution in [3.63, 3.8) is 0 Å². The molecule has 0 radical (unpaired) electrons. The first kappa shape index (κ1) is 16.9. The van der Waals surface area contributed by atoms with E-state index in [-0.39, 0.29) is 5.69 Å². The smallest absolute Gasteiger partial charge is 0.318 e. The number of alkyl halides is 3. The van der Waals surface area contributed by atoms with Gasteiger partial charge in [0.15, 0.2) is 11.4 Å².